The van der Waals surface area contributed by atoms with E-state index in [1.54, 1.807) is 18.2 Å². The molecule has 1 unspecified atom stereocenters. The van der Waals surface area contributed by atoms with Crippen molar-refractivity contribution in [2.75, 3.05) is 16.6 Å². The third-order valence-electron chi connectivity index (χ3n) is 4.45. The van der Waals surface area contributed by atoms with Crippen LogP contribution in [0, 0.1) is 0 Å². The van der Waals surface area contributed by atoms with Gasteiger partial charge in [0.1, 0.15) is 5.70 Å². The minimum atomic E-state index is -4.46. The first-order chi connectivity index (χ1) is 13.3. The Hall–Kier alpha value is -2.88. The van der Waals surface area contributed by atoms with Crippen molar-refractivity contribution < 1.29 is 18.0 Å². The fourth-order valence-electron chi connectivity index (χ4n) is 3.10. The Morgan fingerprint density at radius 2 is 2.14 bits per heavy atom. The Morgan fingerprint density at radius 3 is 2.86 bits per heavy atom. The zero-order valence-electron chi connectivity index (χ0n) is 14.7. The van der Waals surface area contributed by atoms with Gasteiger partial charge in [-0.2, -0.15) is 13.2 Å². The first-order valence-corrected chi connectivity index (χ1v) is 9.40. The Labute approximate surface area is 162 Å². The van der Waals surface area contributed by atoms with Gasteiger partial charge in [0, 0.05) is 4.91 Å². The van der Waals surface area contributed by atoms with Crippen LogP contribution in [0.15, 0.2) is 47.1 Å². The van der Waals surface area contributed by atoms with Crippen LogP contribution in [0.4, 0.5) is 19.0 Å². The molecule has 0 saturated heterocycles. The molecule has 3 N–H and O–H groups in total. The summed E-state index contributed by atoms with van der Waals surface area (Å²) in [6.07, 6.45) is 0.229. The van der Waals surface area contributed by atoms with E-state index in [1.165, 1.54) is 34.8 Å². The second-order valence-electron chi connectivity index (χ2n) is 6.24. The van der Waals surface area contributed by atoms with Crippen molar-refractivity contribution in [3.63, 3.8) is 0 Å². The van der Waals surface area contributed by atoms with Crippen LogP contribution in [-0.4, -0.2) is 21.4 Å². The van der Waals surface area contributed by atoms with Crippen LogP contribution >= 0.6 is 11.8 Å². The summed E-state index contributed by atoms with van der Waals surface area (Å²) in [5.41, 5.74) is 2.85. The van der Waals surface area contributed by atoms with E-state index < -0.39 is 17.8 Å². The number of anilines is 1. The molecule has 10 heteroatoms. The number of carbonyl (C=O) groups excluding carboxylic acids is 1. The van der Waals surface area contributed by atoms with Crippen molar-refractivity contribution in [1.29, 1.82) is 0 Å². The maximum absolute atomic E-state index is 13.4. The van der Waals surface area contributed by atoms with Crippen molar-refractivity contribution in [3.05, 3.63) is 64.1 Å². The number of nitrogens with one attached hydrogen (secondary N) is 3. The average molecular weight is 407 g/mol. The normalized spacial score (nSPS) is 18.5. The van der Waals surface area contributed by atoms with Gasteiger partial charge in [-0.05, 0) is 24.6 Å². The number of thioether (sulfide) groups is 1. The fraction of sp³-hybridized carbons (Fsp3) is 0.222. The van der Waals surface area contributed by atoms with Crippen LogP contribution in [0.25, 0.3) is 6.08 Å². The van der Waals surface area contributed by atoms with Gasteiger partial charge in [0.25, 0.3) is 5.91 Å². The number of aromatic nitrogens is 2. The third kappa shape index (κ3) is 3.35. The summed E-state index contributed by atoms with van der Waals surface area (Å²) in [6.45, 7) is 1.84. The predicted octanol–water partition coefficient (Wildman–Crippen LogP) is 3.68. The second kappa shape index (κ2) is 6.93. The van der Waals surface area contributed by atoms with Gasteiger partial charge in [0.15, 0.2) is 11.6 Å². The number of carbonyl (C=O) groups is 1. The fourth-order valence-corrected chi connectivity index (χ4v) is 3.85. The highest BCUT2D eigenvalue weighted by Gasteiger charge is 2.35. The molecule has 146 valence electrons. The Kier molecular flexibility index (Phi) is 4.58. The van der Waals surface area contributed by atoms with E-state index in [4.69, 9.17) is 0 Å². The van der Waals surface area contributed by atoms with E-state index in [1.807, 2.05) is 6.92 Å². The zero-order chi connectivity index (χ0) is 19.9. The number of nitrogens with zero attached hydrogens (tertiary/aromatic N) is 2. The van der Waals surface area contributed by atoms with E-state index in [0.717, 1.165) is 11.0 Å². The molecular weight excluding hydrogens is 391 g/mol. The van der Waals surface area contributed by atoms with E-state index in [9.17, 15) is 18.0 Å². The molecule has 0 aliphatic carbocycles. The smallest absolute Gasteiger partial charge is 0.371 e. The number of halogens is 3. The number of benzene rings is 1. The molecule has 0 fully saturated rings. The van der Waals surface area contributed by atoms with Crippen molar-refractivity contribution in [2.45, 2.75) is 19.1 Å². The van der Waals surface area contributed by atoms with Gasteiger partial charge < -0.3 is 16.1 Å². The molecule has 0 bridgehead atoms. The highest BCUT2D eigenvalue weighted by molar-refractivity contribution is 8.03. The molecule has 0 radical (unpaired) electrons. The summed E-state index contributed by atoms with van der Waals surface area (Å²) in [5, 5.41) is 5.75. The molecule has 2 aliphatic rings. The SMILES string of the molecule is CC1=C(C(=O)Nc2cnc3n2NC(c2ccccc2C(F)(F)F)C=C3)NCS1. The molecular formula is C18H16F3N5OS. The maximum Gasteiger partial charge on any atom is 0.416 e. The minimum Gasteiger partial charge on any atom is -0.371 e. The quantitative estimate of drug-likeness (QED) is 0.724. The standard InChI is InChI=1S/C18H16F3N5OS/c1-10-16(23-9-28-10)17(27)24-15-8-22-14-7-6-13(25-26(14)15)11-4-2-3-5-12(11)18(19,20)21/h2-8,13,23,25H,9H2,1H3,(H,24,27). The minimum absolute atomic E-state index is 0.0929. The van der Waals surface area contributed by atoms with Crippen molar-refractivity contribution in [2.24, 2.45) is 0 Å². The lowest BCUT2D eigenvalue weighted by molar-refractivity contribution is -0.138. The Bertz CT molecular complexity index is 995. The summed E-state index contributed by atoms with van der Waals surface area (Å²) in [7, 11) is 0. The molecule has 6 nitrogen and oxygen atoms in total. The first kappa shape index (κ1) is 18.5. The number of alkyl halides is 3. The van der Waals surface area contributed by atoms with Crippen molar-refractivity contribution in [1.82, 2.24) is 15.0 Å². The number of amides is 1. The van der Waals surface area contributed by atoms with Crippen molar-refractivity contribution >= 4 is 29.6 Å². The molecule has 0 spiro atoms. The highest BCUT2D eigenvalue weighted by Crippen LogP contribution is 2.36. The van der Waals surface area contributed by atoms with Crippen LogP contribution in [0.3, 0.4) is 0 Å². The second-order valence-corrected chi connectivity index (χ2v) is 7.43. The van der Waals surface area contributed by atoms with Gasteiger partial charge in [-0.25, -0.2) is 9.66 Å². The lowest BCUT2D eigenvalue weighted by Gasteiger charge is -2.26. The number of allylic oxidation sites excluding steroid dienone is 1. The molecule has 1 atom stereocenters. The molecule has 2 aromatic rings. The number of rotatable bonds is 3. The predicted molar refractivity (Wildman–Crippen MR) is 102 cm³/mol. The van der Waals surface area contributed by atoms with Gasteiger partial charge >= 0.3 is 6.18 Å². The number of hydrogen-bond acceptors (Lipinski definition) is 5. The van der Waals surface area contributed by atoms with Gasteiger partial charge in [-0.3, -0.25) is 4.79 Å². The molecule has 4 rings (SSSR count). The zero-order valence-corrected chi connectivity index (χ0v) is 15.5. The molecule has 28 heavy (non-hydrogen) atoms. The van der Waals surface area contributed by atoms with Crippen LogP contribution in [0.2, 0.25) is 0 Å². The Balaban J connectivity index is 1.61. The van der Waals surface area contributed by atoms with Gasteiger partial charge in [0.2, 0.25) is 0 Å². The lowest BCUT2D eigenvalue weighted by atomic mass is 9.99. The molecule has 3 heterocycles. The van der Waals surface area contributed by atoms with E-state index >= 15 is 0 Å². The van der Waals surface area contributed by atoms with Crippen LogP contribution in [0.1, 0.15) is 29.9 Å². The number of imidazole rings is 1. The number of hydrogen-bond donors (Lipinski definition) is 3. The molecule has 1 aromatic carbocycles. The van der Waals surface area contributed by atoms with Crippen molar-refractivity contribution in [3.8, 4) is 0 Å². The summed E-state index contributed by atoms with van der Waals surface area (Å²) in [4.78, 5) is 17.5. The van der Waals surface area contributed by atoms with Gasteiger partial charge in [-0.15, -0.1) is 11.8 Å². The first-order valence-electron chi connectivity index (χ1n) is 8.42. The summed E-state index contributed by atoms with van der Waals surface area (Å²) in [5.74, 6) is 1.12. The summed E-state index contributed by atoms with van der Waals surface area (Å²) >= 11 is 1.53. The molecule has 1 aromatic heterocycles. The van der Waals surface area contributed by atoms with Gasteiger partial charge in [-0.1, -0.05) is 24.3 Å². The average Bonchev–Trinajstić information content (AvgIpc) is 3.27. The summed E-state index contributed by atoms with van der Waals surface area (Å²) in [6, 6.07) is 4.67. The van der Waals surface area contributed by atoms with Gasteiger partial charge in [0.05, 0.1) is 23.7 Å². The van der Waals surface area contributed by atoms with E-state index in [2.05, 4.69) is 21.0 Å². The lowest BCUT2D eigenvalue weighted by Crippen LogP contribution is -2.29. The van der Waals surface area contributed by atoms with E-state index in [-0.39, 0.29) is 11.5 Å². The number of fused-ring (bicyclic) bond motifs is 1. The largest absolute Gasteiger partial charge is 0.416 e. The molecule has 2 aliphatic heterocycles. The van der Waals surface area contributed by atoms with Crippen LogP contribution < -0.4 is 16.1 Å². The third-order valence-corrected chi connectivity index (χ3v) is 5.38. The monoisotopic (exact) mass is 407 g/mol. The summed E-state index contributed by atoms with van der Waals surface area (Å²) < 4.78 is 41.6. The molecule has 0 saturated carbocycles. The van der Waals surface area contributed by atoms with E-state index in [0.29, 0.717) is 23.2 Å². The Morgan fingerprint density at radius 1 is 1.36 bits per heavy atom. The van der Waals surface area contributed by atoms with Crippen LogP contribution in [0.5, 0.6) is 0 Å². The maximum atomic E-state index is 13.4. The molecule has 1 amide bonds. The van der Waals surface area contributed by atoms with Crippen LogP contribution in [-0.2, 0) is 11.0 Å². The highest BCUT2D eigenvalue weighted by atomic mass is 32.2. The topological polar surface area (TPSA) is 71.0 Å².